The maximum atomic E-state index is 12.5. The fourth-order valence-electron chi connectivity index (χ4n) is 2.96. The molecule has 1 aromatic rings. The molecule has 2 aliphatic rings. The molecule has 0 unspecified atom stereocenters. The van der Waals surface area contributed by atoms with Crippen LogP contribution in [-0.4, -0.2) is 28.4 Å². The first-order chi connectivity index (χ1) is 9.65. The van der Waals surface area contributed by atoms with E-state index in [-0.39, 0.29) is 18.4 Å². The highest BCUT2D eigenvalue weighted by Crippen LogP contribution is 2.54. The molecular formula is C16H19NO3. The molecule has 0 radical (unpaired) electrons. The highest BCUT2D eigenvalue weighted by Gasteiger charge is 2.52. The minimum absolute atomic E-state index is 0.0214. The van der Waals surface area contributed by atoms with Crippen molar-refractivity contribution in [3.05, 3.63) is 35.9 Å². The van der Waals surface area contributed by atoms with Gasteiger partial charge in [-0.05, 0) is 36.7 Å². The lowest BCUT2D eigenvalue weighted by Crippen LogP contribution is -2.36. The molecule has 20 heavy (non-hydrogen) atoms. The number of rotatable bonds is 6. The SMILES string of the molecule is O=C(O)CN(Cc1ccccc1)C(=O)[C@H]1C[C@@H]1C1CC1. The summed E-state index contributed by atoms with van der Waals surface area (Å²) in [6.45, 7) is 0.182. The van der Waals surface area contributed by atoms with Crippen LogP contribution in [0.25, 0.3) is 0 Å². The van der Waals surface area contributed by atoms with Gasteiger partial charge >= 0.3 is 5.97 Å². The van der Waals surface area contributed by atoms with Crippen LogP contribution in [0, 0.1) is 17.8 Å². The Hall–Kier alpha value is -1.84. The summed E-state index contributed by atoms with van der Waals surface area (Å²) in [6.07, 6.45) is 3.44. The second-order valence-electron chi connectivity index (χ2n) is 5.92. The van der Waals surface area contributed by atoms with Gasteiger partial charge in [0.15, 0.2) is 0 Å². The minimum atomic E-state index is -0.946. The summed E-state index contributed by atoms with van der Waals surface area (Å²) >= 11 is 0. The molecule has 2 aliphatic carbocycles. The van der Waals surface area contributed by atoms with Crippen LogP contribution in [0.3, 0.4) is 0 Å². The molecule has 0 bridgehead atoms. The van der Waals surface area contributed by atoms with Crippen molar-refractivity contribution >= 4 is 11.9 Å². The highest BCUT2D eigenvalue weighted by atomic mass is 16.4. The van der Waals surface area contributed by atoms with E-state index in [2.05, 4.69) is 0 Å². The Morgan fingerprint density at radius 2 is 1.90 bits per heavy atom. The molecule has 0 spiro atoms. The van der Waals surface area contributed by atoms with E-state index in [1.54, 1.807) is 0 Å². The van der Waals surface area contributed by atoms with Crippen LogP contribution in [0.2, 0.25) is 0 Å². The fraction of sp³-hybridized carbons (Fsp3) is 0.500. The van der Waals surface area contributed by atoms with Crippen molar-refractivity contribution in [1.29, 1.82) is 0 Å². The van der Waals surface area contributed by atoms with Gasteiger partial charge in [0.25, 0.3) is 0 Å². The Morgan fingerprint density at radius 3 is 2.50 bits per heavy atom. The fourth-order valence-corrected chi connectivity index (χ4v) is 2.96. The van der Waals surface area contributed by atoms with Gasteiger partial charge in [0.1, 0.15) is 6.54 Å². The van der Waals surface area contributed by atoms with Crippen LogP contribution < -0.4 is 0 Å². The molecule has 4 nitrogen and oxygen atoms in total. The number of amides is 1. The Morgan fingerprint density at radius 1 is 1.20 bits per heavy atom. The van der Waals surface area contributed by atoms with Gasteiger partial charge < -0.3 is 10.0 Å². The molecule has 0 saturated heterocycles. The van der Waals surface area contributed by atoms with Crippen molar-refractivity contribution in [2.45, 2.75) is 25.8 Å². The Balaban J connectivity index is 1.66. The van der Waals surface area contributed by atoms with E-state index >= 15 is 0 Å². The van der Waals surface area contributed by atoms with Crippen LogP contribution in [0.4, 0.5) is 0 Å². The summed E-state index contributed by atoms with van der Waals surface area (Å²) < 4.78 is 0. The van der Waals surface area contributed by atoms with Crippen molar-refractivity contribution < 1.29 is 14.7 Å². The number of hydrogen-bond donors (Lipinski definition) is 1. The van der Waals surface area contributed by atoms with Gasteiger partial charge in [-0.2, -0.15) is 0 Å². The molecule has 2 saturated carbocycles. The van der Waals surface area contributed by atoms with Crippen LogP contribution in [0.15, 0.2) is 30.3 Å². The normalized spacial score (nSPS) is 24.2. The van der Waals surface area contributed by atoms with E-state index in [1.165, 1.54) is 17.7 Å². The van der Waals surface area contributed by atoms with Crippen LogP contribution in [-0.2, 0) is 16.1 Å². The van der Waals surface area contributed by atoms with Crippen molar-refractivity contribution in [3.8, 4) is 0 Å². The molecule has 1 N–H and O–H groups in total. The lowest BCUT2D eigenvalue weighted by atomic mass is 10.1. The first-order valence-electron chi connectivity index (χ1n) is 7.19. The molecular weight excluding hydrogens is 254 g/mol. The van der Waals surface area contributed by atoms with E-state index < -0.39 is 5.97 Å². The lowest BCUT2D eigenvalue weighted by molar-refractivity contribution is -0.145. The predicted molar refractivity (Wildman–Crippen MR) is 73.8 cm³/mol. The average Bonchev–Trinajstić information content (AvgIpc) is 3.27. The number of benzene rings is 1. The van der Waals surface area contributed by atoms with E-state index in [9.17, 15) is 9.59 Å². The van der Waals surface area contributed by atoms with Gasteiger partial charge in [-0.3, -0.25) is 9.59 Å². The van der Waals surface area contributed by atoms with Crippen LogP contribution >= 0.6 is 0 Å². The zero-order valence-corrected chi connectivity index (χ0v) is 11.4. The van der Waals surface area contributed by atoms with Gasteiger partial charge in [-0.25, -0.2) is 0 Å². The number of carbonyl (C=O) groups is 2. The van der Waals surface area contributed by atoms with Gasteiger partial charge in [0.2, 0.25) is 5.91 Å². The summed E-state index contributed by atoms with van der Waals surface area (Å²) in [5, 5.41) is 9.01. The molecule has 4 heteroatoms. The third-order valence-electron chi connectivity index (χ3n) is 4.24. The molecule has 3 rings (SSSR count). The molecule has 1 amide bonds. The summed E-state index contributed by atoms with van der Waals surface area (Å²) in [4.78, 5) is 24.9. The second kappa shape index (κ2) is 5.27. The number of nitrogens with zero attached hydrogens (tertiary/aromatic N) is 1. The van der Waals surface area contributed by atoms with Crippen molar-refractivity contribution in [3.63, 3.8) is 0 Å². The molecule has 2 fully saturated rings. The third kappa shape index (κ3) is 3.00. The molecule has 106 valence electrons. The number of aliphatic carboxylic acids is 1. The van der Waals surface area contributed by atoms with Crippen LogP contribution in [0.5, 0.6) is 0 Å². The van der Waals surface area contributed by atoms with Gasteiger partial charge in [0.05, 0.1) is 0 Å². The third-order valence-corrected chi connectivity index (χ3v) is 4.24. The summed E-state index contributed by atoms with van der Waals surface area (Å²) in [7, 11) is 0. The molecule has 0 aliphatic heterocycles. The van der Waals surface area contributed by atoms with E-state index in [0.717, 1.165) is 17.9 Å². The monoisotopic (exact) mass is 273 g/mol. The van der Waals surface area contributed by atoms with E-state index in [4.69, 9.17) is 5.11 Å². The van der Waals surface area contributed by atoms with E-state index in [1.807, 2.05) is 30.3 Å². The molecule has 0 aromatic heterocycles. The minimum Gasteiger partial charge on any atom is -0.480 e. The summed E-state index contributed by atoms with van der Waals surface area (Å²) in [5.74, 6) is 0.401. The van der Waals surface area contributed by atoms with Gasteiger partial charge in [0, 0.05) is 12.5 Å². The lowest BCUT2D eigenvalue weighted by Gasteiger charge is -2.21. The first kappa shape index (κ1) is 13.2. The largest absolute Gasteiger partial charge is 0.480 e. The maximum Gasteiger partial charge on any atom is 0.323 e. The second-order valence-corrected chi connectivity index (χ2v) is 5.92. The zero-order valence-electron chi connectivity index (χ0n) is 11.4. The Kier molecular flexibility index (Phi) is 3.47. The average molecular weight is 273 g/mol. The maximum absolute atomic E-state index is 12.5. The van der Waals surface area contributed by atoms with E-state index in [0.29, 0.717) is 12.5 Å². The number of carbonyl (C=O) groups excluding carboxylic acids is 1. The van der Waals surface area contributed by atoms with Gasteiger partial charge in [-0.15, -0.1) is 0 Å². The highest BCUT2D eigenvalue weighted by molar-refractivity contribution is 5.85. The predicted octanol–water partition coefficient (Wildman–Crippen LogP) is 2.15. The summed E-state index contributed by atoms with van der Waals surface area (Å²) in [5.41, 5.74) is 0.978. The summed E-state index contributed by atoms with van der Waals surface area (Å²) in [6, 6.07) is 9.57. The van der Waals surface area contributed by atoms with Crippen molar-refractivity contribution in [2.24, 2.45) is 17.8 Å². The van der Waals surface area contributed by atoms with Crippen molar-refractivity contribution in [1.82, 2.24) is 4.90 Å². The smallest absolute Gasteiger partial charge is 0.323 e. The molecule has 0 heterocycles. The van der Waals surface area contributed by atoms with Crippen molar-refractivity contribution in [2.75, 3.05) is 6.54 Å². The zero-order chi connectivity index (χ0) is 14.1. The number of hydrogen-bond acceptors (Lipinski definition) is 2. The standard InChI is InChI=1S/C16H19NO3/c18-15(19)10-17(9-11-4-2-1-3-5-11)16(20)14-8-13(14)12-6-7-12/h1-5,12-14H,6-10H2,(H,18,19)/t13-,14+/m1/s1. The molecule has 1 aromatic carbocycles. The Labute approximate surface area is 118 Å². The van der Waals surface area contributed by atoms with Crippen LogP contribution in [0.1, 0.15) is 24.8 Å². The topological polar surface area (TPSA) is 57.6 Å². The molecule has 2 atom stereocenters. The first-order valence-corrected chi connectivity index (χ1v) is 7.19. The number of carboxylic acid groups (broad SMARTS) is 1. The Bertz CT molecular complexity index is 510. The van der Waals surface area contributed by atoms with Gasteiger partial charge in [-0.1, -0.05) is 30.3 Å². The quantitative estimate of drug-likeness (QED) is 0.864. The number of carboxylic acids is 1.